The van der Waals surface area contributed by atoms with Crippen LogP contribution in [0.5, 0.6) is 0 Å². The number of nitrogens with zero attached hydrogens (tertiary/aromatic N) is 2. The minimum Gasteiger partial charge on any atom is -0.385 e. The van der Waals surface area contributed by atoms with E-state index in [1.54, 1.807) is 14.0 Å². The van der Waals surface area contributed by atoms with Gasteiger partial charge in [0.15, 0.2) is 5.16 Å². The van der Waals surface area contributed by atoms with Crippen molar-refractivity contribution in [2.24, 2.45) is 0 Å². The number of rotatable bonds is 10. The number of hydrogen-bond acceptors (Lipinski definition) is 6. The molecule has 0 aromatic carbocycles. The number of ether oxygens (including phenoxy) is 1. The first-order chi connectivity index (χ1) is 10.6. The van der Waals surface area contributed by atoms with Crippen LogP contribution < -0.4 is 16.3 Å². The van der Waals surface area contributed by atoms with Gasteiger partial charge < -0.3 is 15.4 Å². The van der Waals surface area contributed by atoms with Gasteiger partial charge in [-0.2, -0.15) is 0 Å². The molecule has 1 rings (SSSR count). The van der Waals surface area contributed by atoms with Gasteiger partial charge in [0.05, 0.1) is 12.3 Å². The molecule has 0 saturated carbocycles. The number of carbonyl (C=O) groups excluding carboxylic acids is 2. The van der Waals surface area contributed by atoms with Gasteiger partial charge in [-0.15, -0.1) is 5.10 Å². The molecule has 9 nitrogen and oxygen atoms in total. The van der Waals surface area contributed by atoms with Crippen molar-refractivity contribution in [2.75, 3.05) is 32.6 Å². The number of H-pyrrole nitrogens is 1. The summed E-state index contributed by atoms with van der Waals surface area (Å²) in [7, 11) is 1.59. The zero-order chi connectivity index (χ0) is 16.4. The standard InChI is InChI=1S/C12H21N5O4S/c1-3-13-9(18)7-14-10(19)8-22-12-16-15-11(20)17(12)5-4-6-21-2/h3-8H2,1-2H3,(H,13,18)(H,14,19)(H,15,20). The van der Waals surface area contributed by atoms with Crippen LogP contribution in [0, 0.1) is 0 Å². The SMILES string of the molecule is CCNC(=O)CNC(=O)CSc1n[nH]c(=O)n1CCCOC. The molecule has 1 heterocycles. The third-order valence-electron chi connectivity index (χ3n) is 2.61. The van der Waals surface area contributed by atoms with Crippen LogP contribution in [0.2, 0.25) is 0 Å². The lowest BCUT2D eigenvalue weighted by atomic mass is 10.4. The fourth-order valence-corrected chi connectivity index (χ4v) is 2.40. The van der Waals surface area contributed by atoms with Gasteiger partial charge in [0.2, 0.25) is 11.8 Å². The summed E-state index contributed by atoms with van der Waals surface area (Å²) in [5.41, 5.74) is -0.318. The second-order valence-electron chi connectivity index (χ2n) is 4.33. The Morgan fingerprint density at radius 3 is 2.82 bits per heavy atom. The Kier molecular flexibility index (Phi) is 8.30. The summed E-state index contributed by atoms with van der Waals surface area (Å²) in [5.74, 6) is -0.458. The van der Waals surface area contributed by atoms with Gasteiger partial charge in [0.1, 0.15) is 0 Å². The molecule has 10 heteroatoms. The van der Waals surface area contributed by atoms with Crippen LogP contribution in [-0.4, -0.2) is 59.1 Å². The number of carbonyl (C=O) groups is 2. The molecular formula is C12H21N5O4S. The molecule has 0 spiro atoms. The van der Waals surface area contributed by atoms with Gasteiger partial charge in [-0.3, -0.25) is 14.2 Å². The Bertz CT molecular complexity index is 542. The molecule has 1 aromatic rings. The van der Waals surface area contributed by atoms with Gasteiger partial charge >= 0.3 is 5.69 Å². The third kappa shape index (κ3) is 6.31. The maximum Gasteiger partial charge on any atom is 0.343 e. The monoisotopic (exact) mass is 331 g/mol. The zero-order valence-electron chi connectivity index (χ0n) is 12.7. The number of amides is 2. The number of aromatic amines is 1. The molecule has 0 fully saturated rings. The molecule has 0 radical (unpaired) electrons. The van der Waals surface area contributed by atoms with E-state index in [-0.39, 0.29) is 29.8 Å². The smallest absolute Gasteiger partial charge is 0.343 e. The van der Waals surface area contributed by atoms with Crippen molar-refractivity contribution < 1.29 is 14.3 Å². The highest BCUT2D eigenvalue weighted by Crippen LogP contribution is 2.12. The van der Waals surface area contributed by atoms with Crippen LogP contribution in [0.15, 0.2) is 9.95 Å². The Morgan fingerprint density at radius 2 is 2.14 bits per heavy atom. The Hall–Kier alpha value is -1.81. The minimum absolute atomic E-state index is 0.0611. The number of likely N-dealkylation sites (N-methyl/N-ethyl adjacent to an activating group) is 1. The number of methoxy groups -OCH3 is 1. The van der Waals surface area contributed by atoms with Crippen molar-refractivity contribution in [2.45, 2.75) is 25.0 Å². The van der Waals surface area contributed by atoms with Gasteiger partial charge in [0, 0.05) is 26.8 Å². The Balaban J connectivity index is 2.42. The molecule has 22 heavy (non-hydrogen) atoms. The van der Waals surface area contributed by atoms with E-state index in [1.807, 2.05) is 0 Å². The predicted molar refractivity (Wildman–Crippen MR) is 81.8 cm³/mol. The van der Waals surface area contributed by atoms with Crippen LogP contribution in [0.4, 0.5) is 0 Å². The molecule has 0 unspecified atom stereocenters. The molecular weight excluding hydrogens is 310 g/mol. The first-order valence-electron chi connectivity index (χ1n) is 6.88. The van der Waals surface area contributed by atoms with Crippen molar-refractivity contribution in [3.8, 4) is 0 Å². The molecule has 0 atom stereocenters. The highest BCUT2D eigenvalue weighted by molar-refractivity contribution is 7.99. The minimum atomic E-state index is -0.318. The van der Waals surface area contributed by atoms with Crippen molar-refractivity contribution >= 4 is 23.6 Å². The lowest BCUT2D eigenvalue weighted by Crippen LogP contribution is -2.37. The van der Waals surface area contributed by atoms with Crippen molar-refractivity contribution in [1.29, 1.82) is 0 Å². The van der Waals surface area contributed by atoms with Crippen LogP contribution in [0.1, 0.15) is 13.3 Å². The molecule has 0 bridgehead atoms. The average molecular weight is 331 g/mol. The van der Waals surface area contributed by atoms with Crippen LogP contribution in [0.3, 0.4) is 0 Å². The van der Waals surface area contributed by atoms with Crippen LogP contribution in [-0.2, 0) is 20.9 Å². The number of thioether (sulfide) groups is 1. The second kappa shape index (κ2) is 10.0. The molecule has 0 aliphatic heterocycles. The van der Waals surface area contributed by atoms with E-state index in [0.29, 0.717) is 31.3 Å². The summed E-state index contributed by atoms with van der Waals surface area (Å²) < 4.78 is 6.40. The summed E-state index contributed by atoms with van der Waals surface area (Å²) in [4.78, 5) is 34.5. The van der Waals surface area contributed by atoms with Crippen LogP contribution in [0.25, 0.3) is 0 Å². The first kappa shape index (κ1) is 18.2. The van der Waals surface area contributed by atoms with Gasteiger partial charge in [-0.05, 0) is 13.3 Å². The zero-order valence-corrected chi connectivity index (χ0v) is 13.5. The Labute approximate surface area is 132 Å². The molecule has 3 N–H and O–H groups in total. The molecule has 1 aromatic heterocycles. The highest BCUT2D eigenvalue weighted by Gasteiger charge is 2.11. The van der Waals surface area contributed by atoms with E-state index in [1.165, 1.54) is 4.57 Å². The topological polar surface area (TPSA) is 118 Å². The summed E-state index contributed by atoms with van der Waals surface area (Å²) in [5, 5.41) is 11.8. The number of aromatic nitrogens is 3. The van der Waals surface area contributed by atoms with E-state index < -0.39 is 0 Å². The maximum atomic E-state index is 11.6. The fourth-order valence-electron chi connectivity index (χ4n) is 1.60. The van der Waals surface area contributed by atoms with E-state index in [9.17, 15) is 14.4 Å². The van der Waals surface area contributed by atoms with Crippen molar-refractivity contribution in [3.63, 3.8) is 0 Å². The van der Waals surface area contributed by atoms with E-state index >= 15 is 0 Å². The third-order valence-corrected chi connectivity index (χ3v) is 3.58. The van der Waals surface area contributed by atoms with Crippen molar-refractivity contribution in [1.82, 2.24) is 25.4 Å². The van der Waals surface area contributed by atoms with Gasteiger partial charge in [-0.25, -0.2) is 9.89 Å². The van der Waals surface area contributed by atoms with Crippen molar-refractivity contribution in [3.05, 3.63) is 10.5 Å². The predicted octanol–water partition coefficient (Wildman–Crippen LogP) is -1.05. The average Bonchev–Trinajstić information content (AvgIpc) is 2.84. The molecule has 0 aliphatic carbocycles. The summed E-state index contributed by atoms with van der Waals surface area (Å²) in [6.07, 6.45) is 0.673. The summed E-state index contributed by atoms with van der Waals surface area (Å²) >= 11 is 1.14. The van der Waals surface area contributed by atoms with Gasteiger partial charge in [-0.1, -0.05) is 11.8 Å². The quantitative estimate of drug-likeness (QED) is 0.372. The molecule has 2 amide bonds. The summed E-state index contributed by atoms with van der Waals surface area (Å²) in [6, 6.07) is 0. The second-order valence-corrected chi connectivity index (χ2v) is 5.27. The molecule has 0 saturated heterocycles. The van der Waals surface area contributed by atoms with E-state index in [2.05, 4.69) is 20.8 Å². The molecule has 124 valence electrons. The fraction of sp³-hybridized carbons (Fsp3) is 0.667. The number of nitrogens with one attached hydrogen (secondary N) is 3. The largest absolute Gasteiger partial charge is 0.385 e. The highest BCUT2D eigenvalue weighted by atomic mass is 32.2. The lowest BCUT2D eigenvalue weighted by Gasteiger charge is -2.06. The summed E-state index contributed by atoms with van der Waals surface area (Å²) in [6.45, 7) is 3.26. The first-order valence-corrected chi connectivity index (χ1v) is 7.87. The normalized spacial score (nSPS) is 10.5. The van der Waals surface area contributed by atoms with E-state index in [4.69, 9.17) is 4.74 Å². The van der Waals surface area contributed by atoms with Gasteiger partial charge in [0.25, 0.3) is 0 Å². The van der Waals surface area contributed by atoms with E-state index in [0.717, 1.165) is 11.8 Å². The number of hydrogen-bond donors (Lipinski definition) is 3. The Morgan fingerprint density at radius 1 is 1.36 bits per heavy atom. The maximum absolute atomic E-state index is 11.6. The van der Waals surface area contributed by atoms with Crippen LogP contribution >= 0.6 is 11.8 Å². The lowest BCUT2D eigenvalue weighted by molar-refractivity contribution is -0.124. The molecule has 0 aliphatic rings.